The summed E-state index contributed by atoms with van der Waals surface area (Å²) < 4.78 is 0. The molecule has 0 atom stereocenters. The minimum Gasteiger partial charge on any atom is -0.367 e. The maximum atomic E-state index is 12.3. The number of amides is 2. The number of carbonyl (C=O) groups is 1. The second-order valence-electron chi connectivity index (χ2n) is 6.12. The average Bonchev–Trinajstić information content (AvgIpc) is 3.11. The van der Waals surface area contributed by atoms with E-state index in [1.54, 1.807) is 0 Å². The van der Waals surface area contributed by atoms with E-state index in [1.807, 2.05) is 40.1 Å². The van der Waals surface area contributed by atoms with Crippen LogP contribution in [-0.4, -0.2) is 42.1 Å². The van der Waals surface area contributed by atoms with Crippen LogP contribution >= 0.6 is 23.1 Å². The second-order valence-corrected chi connectivity index (χ2v) is 8.34. The van der Waals surface area contributed by atoms with Crippen LogP contribution in [0.5, 0.6) is 0 Å². The Kier molecular flexibility index (Phi) is 4.67. The molecule has 1 fully saturated rings. The smallest absolute Gasteiger partial charge is 0.321 e. The van der Waals surface area contributed by atoms with Crippen LogP contribution in [0.4, 0.5) is 16.2 Å². The van der Waals surface area contributed by atoms with E-state index in [0.29, 0.717) is 0 Å². The molecule has 2 amide bonds. The fourth-order valence-electron chi connectivity index (χ4n) is 3.19. The number of anilines is 2. The van der Waals surface area contributed by atoms with Crippen LogP contribution in [0.1, 0.15) is 10.4 Å². The van der Waals surface area contributed by atoms with Gasteiger partial charge in [-0.2, -0.15) is 11.8 Å². The molecule has 6 heteroatoms. The Morgan fingerprint density at radius 1 is 1.04 bits per heavy atom. The summed E-state index contributed by atoms with van der Waals surface area (Å²) in [6.07, 6.45) is 1.12. The number of hydrogen-bond acceptors (Lipinski definition) is 4. The van der Waals surface area contributed by atoms with Crippen LogP contribution in [0, 0.1) is 0 Å². The quantitative estimate of drug-likeness (QED) is 0.883. The van der Waals surface area contributed by atoms with Gasteiger partial charge >= 0.3 is 6.03 Å². The molecule has 1 N–H and O–H groups in total. The van der Waals surface area contributed by atoms with Gasteiger partial charge in [-0.25, -0.2) is 4.79 Å². The maximum absolute atomic E-state index is 12.3. The van der Waals surface area contributed by atoms with E-state index >= 15 is 0 Å². The van der Waals surface area contributed by atoms with E-state index in [1.165, 1.54) is 16.1 Å². The molecule has 2 aromatic rings. The minimum absolute atomic E-state index is 0.0175. The minimum atomic E-state index is 0.0175. The zero-order valence-corrected chi connectivity index (χ0v) is 15.2. The van der Waals surface area contributed by atoms with Crippen molar-refractivity contribution in [2.45, 2.75) is 13.0 Å². The molecular weight excluding hydrogens is 338 g/mol. The second kappa shape index (κ2) is 7.07. The number of nitrogens with zero attached hydrogens (tertiary/aromatic N) is 2. The van der Waals surface area contributed by atoms with Crippen molar-refractivity contribution < 1.29 is 4.79 Å². The zero-order chi connectivity index (χ0) is 16.4. The SMILES string of the molecule is O=C(Nc1ccc(N2CCc3sccc3C2)cc1)N1CCSCC1. The van der Waals surface area contributed by atoms with Gasteiger partial charge in [-0.1, -0.05) is 0 Å². The molecule has 2 aliphatic heterocycles. The highest BCUT2D eigenvalue weighted by Crippen LogP contribution is 2.28. The first-order valence-corrected chi connectivity index (χ1v) is 10.4. The summed E-state index contributed by atoms with van der Waals surface area (Å²) in [6, 6.07) is 10.5. The molecular formula is C18H21N3OS2. The first kappa shape index (κ1) is 15.8. The van der Waals surface area contributed by atoms with E-state index in [0.717, 1.165) is 49.8 Å². The number of benzene rings is 1. The fourth-order valence-corrected chi connectivity index (χ4v) is 4.99. The summed E-state index contributed by atoms with van der Waals surface area (Å²) in [5.74, 6) is 2.07. The lowest BCUT2D eigenvalue weighted by atomic mass is 10.1. The van der Waals surface area contributed by atoms with Gasteiger partial charge in [0.05, 0.1) is 0 Å². The van der Waals surface area contributed by atoms with Gasteiger partial charge in [0, 0.05) is 53.9 Å². The first-order valence-electron chi connectivity index (χ1n) is 8.33. The molecule has 2 aliphatic rings. The highest BCUT2D eigenvalue weighted by Gasteiger charge is 2.18. The first-order chi connectivity index (χ1) is 11.8. The molecule has 0 unspecified atom stereocenters. The van der Waals surface area contributed by atoms with Crippen molar-refractivity contribution in [2.24, 2.45) is 0 Å². The lowest BCUT2D eigenvalue weighted by molar-refractivity contribution is 0.217. The average molecular weight is 360 g/mol. The zero-order valence-electron chi connectivity index (χ0n) is 13.5. The molecule has 4 nitrogen and oxygen atoms in total. The summed E-state index contributed by atoms with van der Waals surface area (Å²) in [6.45, 7) is 3.72. The van der Waals surface area contributed by atoms with Gasteiger partial charge in [-0.15, -0.1) is 11.3 Å². The van der Waals surface area contributed by atoms with E-state index in [9.17, 15) is 4.79 Å². The molecule has 1 aromatic heterocycles. The number of fused-ring (bicyclic) bond motifs is 1. The van der Waals surface area contributed by atoms with Gasteiger partial charge in [0.1, 0.15) is 0 Å². The molecule has 0 saturated carbocycles. The summed E-state index contributed by atoms with van der Waals surface area (Å²) in [7, 11) is 0. The van der Waals surface area contributed by atoms with Crippen molar-refractivity contribution in [3.05, 3.63) is 46.2 Å². The van der Waals surface area contributed by atoms with E-state index in [4.69, 9.17) is 0 Å². The van der Waals surface area contributed by atoms with Crippen LogP contribution in [0.15, 0.2) is 35.7 Å². The van der Waals surface area contributed by atoms with Gasteiger partial charge < -0.3 is 15.1 Å². The van der Waals surface area contributed by atoms with Crippen molar-refractivity contribution in [1.29, 1.82) is 0 Å². The number of hydrogen-bond donors (Lipinski definition) is 1. The Labute approximate surface area is 150 Å². The molecule has 0 radical (unpaired) electrons. The largest absolute Gasteiger partial charge is 0.367 e. The van der Waals surface area contributed by atoms with Crippen molar-refractivity contribution >= 4 is 40.5 Å². The summed E-state index contributed by atoms with van der Waals surface area (Å²) in [5, 5.41) is 5.20. The van der Waals surface area contributed by atoms with Crippen molar-refractivity contribution in [1.82, 2.24) is 4.90 Å². The maximum Gasteiger partial charge on any atom is 0.321 e. The van der Waals surface area contributed by atoms with Crippen molar-refractivity contribution in [3.8, 4) is 0 Å². The standard InChI is InChI=1S/C18H21N3OS2/c22-18(20-8-11-23-12-9-20)19-15-1-3-16(4-2-15)21-7-5-17-14(13-21)6-10-24-17/h1-4,6,10H,5,7-9,11-13H2,(H,19,22). The van der Waals surface area contributed by atoms with Gasteiger partial charge in [0.2, 0.25) is 0 Å². The highest BCUT2D eigenvalue weighted by molar-refractivity contribution is 7.99. The monoisotopic (exact) mass is 359 g/mol. The lowest BCUT2D eigenvalue weighted by Crippen LogP contribution is -2.40. The van der Waals surface area contributed by atoms with E-state index in [-0.39, 0.29) is 6.03 Å². The molecule has 24 heavy (non-hydrogen) atoms. The Morgan fingerprint density at radius 2 is 1.83 bits per heavy atom. The molecule has 1 aromatic carbocycles. The fraction of sp³-hybridized carbons (Fsp3) is 0.389. The van der Waals surface area contributed by atoms with Crippen LogP contribution < -0.4 is 10.2 Å². The van der Waals surface area contributed by atoms with Crippen molar-refractivity contribution in [2.75, 3.05) is 41.4 Å². The van der Waals surface area contributed by atoms with Crippen LogP contribution in [0.3, 0.4) is 0 Å². The molecule has 3 heterocycles. The molecule has 0 bridgehead atoms. The van der Waals surface area contributed by atoms with Gasteiger partial charge in [0.15, 0.2) is 0 Å². The number of rotatable bonds is 2. The van der Waals surface area contributed by atoms with Gasteiger partial charge in [0.25, 0.3) is 0 Å². The number of nitrogens with one attached hydrogen (secondary N) is 1. The Balaban J connectivity index is 1.39. The number of carbonyl (C=O) groups excluding carboxylic acids is 1. The summed E-state index contributed by atoms with van der Waals surface area (Å²) in [5.41, 5.74) is 3.54. The van der Waals surface area contributed by atoms with Crippen LogP contribution in [0.25, 0.3) is 0 Å². The molecule has 126 valence electrons. The normalized spacial score (nSPS) is 17.5. The van der Waals surface area contributed by atoms with Crippen LogP contribution in [0.2, 0.25) is 0 Å². The summed E-state index contributed by atoms with van der Waals surface area (Å²) >= 11 is 3.77. The lowest BCUT2D eigenvalue weighted by Gasteiger charge is -2.29. The van der Waals surface area contributed by atoms with Crippen molar-refractivity contribution in [3.63, 3.8) is 0 Å². The Hall–Kier alpha value is -1.66. The topological polar surface area (TPSA) is 35.6 Å². The number of thioether (sulfide) groups is 1. The number of urea groups is 1. The Morgan fingerprint density at radius 3 is 2.62 bits per heavy atom. The molecule has 4 rings (SSSR count). The van der Waals surface area contributed by atoms with E-state index in [2.05, 4.69) is 33.8 Å². The van der Waals surface area contributed by atoms with Gasteiger partial charge in [-0.3, -0.25) is 0 Å². The molecule has 1 saturated heterocycles. The third kappa shape index (κ3) is 3.39. The van der Waals surface area contributed by atoms with Crippen LogP contribution in [-0.2, 0) is 13.0 Å². The predicted molar refractivity (Wildman–Crippen MR) is 103 cm³/mol. The highest BCUT2D eigenvalue weighted by atomic mass is 32.2. The van der Waals surface area contributed by atoms with Gasteiger partial charge in [-0.05, 0) is 47.7 Å². The predicted octanol–water partition coefficient (Wildman–Crippen LogP) is 3.89. The molecule has 0 spiro atoms. The third-order valence-corrected chi connectivity index (χ3v) is 6.56. The Bertz CT molecular complexity index is 707. The third-order valence-electron chi connectivity index (χ3n) is 4.59. The summed E-state index contributed by atoms with van der Waals surface area (Å²) in [4.78, 5) is 18.1. The molecule has 0 aliphatic carbocycles. The van der Waals surface area contributed by atoms with E-state index < -0.39 is 0 Å². The number of thiophene rings is 1.